The lowest BCUT2D eigenvalue weighted by Crippen LogP contribution is -2.17. The molecule has 0 radical (unpaired) electrons. The third-order valence-electron chi connectivity index (χ3n) is 2.06. The topological polar surface area (TPSA) is 61.8 Å². The Hall–Kier alpha value is -0.680. The van der Waals surface area contributed by atoms with Crippen LogP contribution in [0, 0.1) is 0 Å². The predicted octanol–water partition coefficient (Wildman–Crippen LogP) is 3.52. The molecule has 5 nitrogen and oxygen atoms in total. The van der Waals surface area contributed by atoms with Gasteiger partial charge in [-0.3, -0.25) is 4.57 Å². The van der Waals surface area contributed by atoms with Crippen molar-refractivity contribution in [3.8, 4) is 0 Å². The van der Waals surface area contributed by atoms with Crippen LogP contribution in [0.25, 0.3) is 0 Å². The molecule has 0 saturated heterocycles. The SMILES string of the molecule is CCOP(=O)(OCC)[C@@H](C)OC(=O)c1cccs1. The van der Waals surface area contributed by atoms with Gasteiger partial charge in [-0.05, 0) is 32.2 Å². The standard InChI is InChI=1S/C11H17O5PS/c1-4-14-17(13,15-5-2)9(3)16-11(12)10-7-6-8-18-10/h6-9H,4-5H2,1-3H3/t9-/m0/s1. The van der Waals surface area contributed by atoms with E-state index < -0.39 is 19.4 Å². The first-order valence-corrected chi connectivity index (χ1v) is 8.16. The maximum absolute atomic E-state index is 12.3. The van der Waals surface area contributed by atoms with E-state index in [0.29, 0.717) is 4.88 Å². The first kappa shape index (κ1) is 15.4. The smallest absolute Gasteiger partial charge is 0.370 e. The molecule has 0 saturated carbocycles. The molecule has 1 aromatic rings. The maximum Gasteiger partial charge on any atom is 0.370 e. The van der Waals surface area contributed by atoms with E-state index in [2.05, 4.69) is 0 Å². The second-order valence-electron chi connectivity index (χ2n) is 3.36. The Morgan fingerprint density at radius 2 is 2.00 bits per heavy atom. The van der Waals surface area contributed by atoms with Gasteiger partial charge in [-0.15, -0.1) is 11.3 Å². The van der Waals surface area contributed by atoms with Gasteiger partial charge in [0.2, 0.25) is 0 Å². The predicted molar refractivity (Wildman–Crippen MR) is 70.1 cm³/mol. The normalized spacial score (nSPS) is 13.3. The minimum atomic E-state index is -3.40. The largest absolute Gasteiger partial charge is 0.445 e. The molecule has 0 aliphatic rings. The van der Waals surface area contributed by atoms with Crippen LogP contribution in [0.4, 0.5) is 0 Å². The van der Waals surface area contributed by atoms with E-state index in [0.717, 1.165) is 0 Å². The Morgan fingerprint density at radius 1 is 1.39 bits per heavy atom. The molecule has 1 atom stereocenters. The minimum Gasteiger partial charge on any atom is -0.445 e. The van der Waals surface area contributed by atoms with Gasteiger partial charge in [0.1, 0.15) is 4.88 Å². The Bertz CT molecular complexity index is 407. The molecule has 0 amide bonds. The molecule has 0 aromatic carbocycles. The van der Waals surface area contributed by atoms with Gasteiger partial charge >= 0.3 is 13.6 Å². The summed E-state index contributed by atoms with van der Waals surface area (Å²) in [7, 11) is -3.40. The Morgan fingerprint density at radius 3 is 2.44 bits per heavy atom. The third-order valence-corrected chi connectivity index (χ3v) is 5.15. The first-order valence-electron chi connectivity index (χ1n) is 5.66. The van der Waals surface area contributed by atoms with Crippen molar-refractivity contribution in [2.75, 3.05) is 13.2 Å². The zero-order chi connectivity index (χ0) is 13.6. The molecule has 0 fully saturated rings. The highest BCUT2D eigenvalue weighted by Gasteiger charge is 2.35. The molecular weight excluding hydrogens is 275 g/mol. The van der Waals surface area contributed by atoms with E-state index in [9.17, 15) is 9.36 Å². The molecule has 1 rings (SSSR count). The molecule has 0 N–H and O–H groups in total. The summed E-state index contributed by atoms with van der Waals surface area (Å²) in [6, 6.07) is 3.39. The van der Waals surface area contributed by atoms with Gasteiger partial charge in [0.15, 0.2) is 5.85 Å². The van der Waals surface area contributed by atoms with Crippen LogP contribution in [0.3, 0.4) is 0 Å². The van der Waals surface area contributed by atoms with Crippen LogP contribution >= 0.6 is 18.9 Å². The van der Waals surface area contributed by atoms with Crippen molar-refractivity contribution in [2.45, 2.75) is 26.6 Å². The number of thiophene rings is 1. The van der Waals surface area contributed by atoms with Gasteiger partial charge in [0.05, 0.1) is 13.2 Å². The summed E-state index contributed by atoms with van der Waals surface area (Å²) in [4.78, 5) is 12.2. The lowest BCUT2D eigenvalue weighted by molar-refractivity contribution is 0.0404. The summed E-state index contributed by atoms with van der Waals surface area (Å²) in [5, 5.41) is 1.77. The van der Waals surface area contributed by atoms with Crippen LogP contribution in [-0.2, 0) is 18.3 Å². The number of carbonyl (C=O) groups is 1. The molecule has 1 heterocycles. The fourth-order valence-electron chi connectivity index (χ4n) is 1.28. The quantitative estimate of drug-likeness (QED) is 0.568. The summed E-state index contributed by atoms with van der Waals surface area (Å²) in [6.45, 7) is 5.40. The Labute approximate surface area is 111 Å². The average Bonchev–Trinajstić information content (AvgIpc) is 2.82. The van der Waals surface area contributed by atoms with Crippen LogP contribution in [0.2, 0.25) is 0 Å². The highest BCUT2D eigenvalue weighted by atomic mass is 32.1. The number of ether oxygens (including phenoxy) is 1. The van der Waals surface area contributed by atoms with Crippen LogP contribution in [-0.4, -0.2) is 25.0 Å². The van der Waals surface area contributed by atoms with Crippen molar-refractivity contribution in [3.63, 3.8) is 0 Å². The van der Waals surface area contributed by atoms with E-state index >= 15 is 0 Å². The van der Waals surface area contributed by atoms with E-state index in [4.69, 9.17) is 13.8 Å². The second-order valence-corrected chi connectivity index (χ2v) is 6.63. The molecule has 0 unspecified atom stereocenters. The van der Waals surface area contributed by atoms with Crippen molar-refractivity contribution >= 4 is 24.9 Å². The van der Waals surface area contributed by atoms with Crippen LogP contribution in [0.15, 0.2) is 17.5 Å². The molecule has 1 aromatic heterocycles. The van der Waals surface area contributed by atoms with Gasteiger partial charge in [0, 0.05) is 0 Å². The van der Waals surface area contributed by atoms with Gasteiger partial charge < -0.3 is 13.8 Å². The highest BCUT2D eigenvalue weighted by Crippen LogP contribution is 2.53. The van der Waals surface area contributed by atoms with Crippen molar-refractivity contribution in [1.82, 2.24) is 0 Å². The van der Waals surface area contributed by atoms with E-state index in [1.165, 1.54) is 18.3 Å². The second kappa shape index (κ2) is 7.04. The lowest BCUT2D eigenvalue weighted by atomic mass is 10.5. The molecule has 0 spiro atoms. The van der Waals surface area contributed by atoms with Gasteiger partial charge in [-0.25, -0.2) is 4.79 Å². The lowest BCUT2D eigenvalue weighted by Gasteiger charge is -2.22. The molecule has 7 heteroatoms. The van der Waals surface area contributed by atoms with Gasteiger partial charge in [-0.2, -0.15) is 0 Å². The zero-order valence-electron chi connectivity index (χ0n) is 10.6. The summed E-state index contributed by atoms with van der Waals surface area (Å²) in [5.74, 6) is -1.44. The minimum absolute atomic E-state index is 0.234. The molecular formula is C11H17O5PS. The molecule has 0 aliphatic heterocycles. The molecule has 0 bridgehead atoms. The number of esters is 1. The van der Waals surface area contributed by atoms with E-state index in [1.807, 2.05) is 0 Å². The summed E-state index contributed by atoms with van der Waals surface area (Å²) in [5.41, 5.74) is 0. The molecule has 18 heavy (non-hydrogen) atoms. The third kappa shape index (κ3) is 3.92. The van der Waals surface area contributed by atoms with Crippen LogP contribution in [0.1, 0.15) is 30.4 Å². The highest BCUT2D eigenvalue weighted by molar-refractivity contribution is 7.54. The van der Waals surface area contributed by atoms with Crippen LogP contribution in [0.5, 0.6) is 0 Å². The number of hydrogen-bond donors (Lipinski definition) is 0. The number of carbonyl (C=O) groups excluding carboxylic acids is 1. The first-order chi connectivity index (χ1) is 8.53. The fraction of sp³-hybridized carbons (Fsp3) is 0.545. The van der Waals surface area contributed by atoms with Gasteiger partial charge in [-0.1, -0.05) is 6.07 Å². The van der Waals surface area contributed by atoms with Crippen molar-refractivity contribution in [3.05, 3.63) is 22.4 Å². The number of hydrogen-bond acceptors (Lipinski definition) is 6. The van der Waals surface area contributed by atoms with E-state index in [1.54, 1.807) is 31.4 Å². The number of rotatable bonds is 7. The Balaban J connectivity index is 2.70. The maximum atomic E-state index is 12.3. The molecule has 102 valence electrons. The van der Waals surface area contributed by atoms with Crippen LogP contribution < -0.4 is 0 Å². The summed E-state index contributed by atoms with van der Waals surface area (Å²) in [6.07, 6.45) is 0. The van der Waals surface area contributed by atoms with Crippen molar-refractivity contribution in [2.24, 2.45) is 0 Å². The zero-order valence-corrected chi connectivity index (χ0v) is 12.3. The monoisotopic (exact) mass is 292 g/mol. The molecule has 0 aliphatic carbocycles. The van der Waals surface area contributed by atoms with Gasteiger partial charge in [0.25, 0.3) is 0 Å². The fourth-order valence-corrected chi connectivity index (χ4v) is 3.32. The van der Waals surface area contributed by atoms with E-state index in [-0.39, 0.29) is 13.2 Å². The average molecular weight is 292 g/mol. The van der Waals surface area contributed by atoms with Crippen molar-refractivity contribution < 1.29 is 23.1 Å². The Kier molecular flexibility index (Phi) is 6.02. The summed E-state index contributed by atoms with van der Waals surface area (Å²) >= 11 is 1.26. The van der Waals surface area contributed by atoms with Crippen molar-refractivity contribution in [1.29, 1.82) is 0 Å². The summed E-state index contributed by atoms with van der Waals surface area (Å²) < 4.78 is 27.6.